The van der Waals surface area contributed by atoms with Crippen LogP contribution in [0.2, 0.25) is 5.02 Å². The molecule has 0 unspecified atom stereocenters. The molecular weight excluding hydrogens is 645 g/mol. The lowest BCUT2D eigenvalue weighted by Gasteiger charge is -2.17. The molecule has 0 saturated carbocycles. The zero-order valence-electron chi connectivity index (χ0n) is 28.5. The molecular formula is C33H49ClN5O5PS. The number of aromatic nitrogens is 2. The van der Waals surface area contributed by atoms with Gasteiger partial charge in [-0.15, -0.1) is 0 Å². The fourth-order valence-corrected chi connectivity index (χ4v) is 6.32. The Morgan fingerprint density at radius 1 is 1.07 bits per heavy atom. The molecule has 0 aliphatic rings. The Hall–Kier alpha value is -3.24. The zero-order valence-corrected chi connectivity index (χ0v) is 30.9. The summed E-state index contributed by atoms with van der Waals surface area (Å²) >= 11 is 6.06. The van der Waals surface area contributed by atoms with Crippen molar-refractivity contribution < 1.29 is 22.5 Å². The van der Waals surface area contributed by atoms with Gasteiger partial charge in [0, 0.05) is 29.7 Å². The van der Waals surface area contributed by atoms with Crippen LogP contribution in [0.15, 0.2) is 60.8 Å². The molecule has 254 valence electrons. The number of nitrogens with zero attached hydrogens (tertiary/aromatic N) is 3. The standard InChI is InChI=1S/C13H15ClN3OP.C13H17NO2.C7H17NO2S/c1-9-15-8-10(14)13(16-9)17-11-6-4-5-7-12(11)19(2,3)18;1-5-9(2)13(15)14-11-6-7-12(16-4)10(3)8-11;1-4-6-8(7-5-2)11(3,9)10/h4-8H,1-3H3,(H,15,16,17);6-8H,2,5H2,1,3-4H3,(H,14,15);4-7H2,1-3H3. The highest BCUT2D eigenvalue weighted by Crippen LogP contribution is 2.38. The molecule has 10 nitrogen and oxygen atoms in total. The van der Waals surface area contributed by atoms with Gasteiger partial charge in [0.15, 0.2) is 5.82 Å². The van der Waals surface area contributed by atoms with Crippen LogP contribution >= 0.6 is 18.7 Å². The van der Waals surface area contributed by atoms with Gasteiger partial charge in [0.05, 0.1) is 25.2 Å². The zero-order chi connectivity index (χ0) is 35.1. The third-order valence-corrected chi connectivity index (χ3v) is 9.55. The first-order valence-electron chi connectivity index (χ1n) is 15.0. The van der Waals surface area contributed by atoms with Crippen molar-refractivity contribution in [3.8, 4) is 5.75 Å². The molecule has 3 aromatic rings. The fraction of sp³-hybridized carbons (Fsp3) is 0.424. The van der Waals surface area contributed by atoms with Crippen LogP contribution < -0.4 is 20.7 Å². The number of hydrogen-bond donors (Lipinski definition) is 2. The molecule has 1 amide bonds. The Bertz CT molecular complexity index is 1610. The molecule has 0 fully saturated rings. The summed E-state index contributed by atoms with van der Waals surface area (Å²) in [5.41, 5.74) is 3.09. The van der Waals surface area contributed by atoms with Crippen molar-refractivity contribution in [2.45, 2.75) is 53.9 Å². The molecule has 0 aliphatic carbocycles. The minimum atomic E-state index is -2.96. The maximum atomic E-state index is 12.3. The van der Waals surface area contributed by atoms with E-state index in [0.29, 0.717) is 41.7 Å². The number of amides is 1. The minimum absolute atomic E-state index is 0.132. The lowest BCUT2D eigenvalue weighted by atomic mass is 10.2. The summed E-state index contributed by atoms with van der Waals surface area (Å²) in [5.74, 6) is 1.83. The van der Waals surface area contributed by atoms with Gasteiger partial charge in [0.2, 0.25) is 10.0 Å². The number of hydrogen-bond acceptors (Lipinski definition) is 8. The Kier molecular flexibility index (Phi) is 17.2. The highest BCUT2D eigenvalue weighted by Gasteiger charge is 2.17. The average molecular weight is 694 g/mol. The molecule has 2 N–H and O–H groups in total. The van der Waals surface area contributed by atoms with Crippen LogP contribution in [-0.2, 0) is 19.4 Å². The number of carbonyl (C=O) groups is 1. The first-order chi connectivity index (χ1) is 21.5. The predicted octanol–water partition coefficient (Wildman–Crippen LogP) is 7.41. The van der Waals surface area contributed by atoms with Crippen molar-refractivity contribution in [1.82, 2.24) is 14.3 Å². The molecule has 2 aromatic carbocycles. The predicted molar refractivity (Wildman–Crippen MR) is 193 cm³/mol. The molecule has 3 rings (SSSR count). The largest absolute Gasteiger partial charge is 0.496 e. The Morgan fingerprint density at radius 2 is 1.67 bits per heavy atom. The molecule has 0 aliphatic heterocycles. The van der Waals surface area contributed by atoms with Crippen LogP contribution in [0.3, 0.4) is 0 Å². The van der Waals surface area contributed by atoms with E-state index in [9.17, 15) is 17.8 Å². The fourth-order valence-electron chi connectivity index (χ4n) is 4.00. The number of sulfonamides is 1. The van der Waals surface area contributed by atoms with Crippen molar-refractivity contribution in [2.24, 2.45) is 0 Å². The number of methoxy groups -OCH3 is 1. The van der Waals surface area contributed by atoms with Crippen molar-refractivity contribution in [3.05, 3.63) is 77.2 Å². The van der Waals surface area contributed by atoms with Crippen LogP contribution in [0.25, 0.3) is 0 Å². The van der Waals surface area contributed by atoms with E-state index in [4.69, 9.17) is 16.3 Å². The maximum Gasteiger partial charge on any atom is 0.250 e. The SMILES string of the molecule is C=C(CC)C(=O)Nc1ccc(OC)c(C)c1.CCCN(CCC)S(C)(=O)=O.Cc1ncc(Cl)c(Nc2ccccc2P(C)(C)=O)n1. The van der Waals surface area contributed by atoms with Crippen LogP contribution in [0, 0.1) is 13.8 Å². The summed E-state index contributed by atoms with van der Waals surface area (Å²) in [6.07, 6.45) is 5.23. The van der Waals surface area contributed by atoms with Gasteiger partial charge in [-0.2, -0.15) is 0 Å². The number of anilines is 3. The van der Waals surface area contributed by atoms with E-state index in [1.807, 2.05) is 70.2 Å². The van der Waals surface area contributed by atoms with E-state index in [-0.39, 0.29) is 5.91 Å². The van der Waals surface area contributed by atoms with Gasteiger partial charge in [-0.05, 0) is 82.3 Å². The molecule has 1 aromatic heterocycles. The average Bonchev–Trinajstić information content (AvgIpc) is 2.98. The highest BCUT2D eigenvalue weighted by atomic mass is 35.5. The molecule has 0 saturated heterocycles. The third kappa shape index (κ3) is 14.0. The van der Waals surface area contributed by atoms with Gasteiger partial charge < -0.3 is 19.9 Å². The van der Waals surface area contributed by atoms with Crippen molar-refractivity contribution >= 4 is 57.2 Å². The Morgan fingerprint density at radius 3 is 2.17 bits per heavy atom. The smallest absolute Gasteiger partial charge is 0.250 e. The first-order valence-corrected chi connectivity index (χ1v) is 19.8. The van der Waals surface area contributed by atoms with E-state index in [1.165, 1.54) is 10.6 Å². The molecule has 1 heterocycles. The lowest BCUT2D eigenvalue weighted by molar-refractivity contribution is -0.112. The topological polar surface area (TPSA) is 131 Å². The monoisotopic (exact) mass is 693 g/mol. The number of halogens is 1. The highest BCUT2D eigenvalue weighted by molar-refractivity contribution is 7.88. The molecule has 0 atom stereocenters. The number of para-hydroxylation sites is 1. The number of benzene rings is 2. The second-order valence-electron chi connectivity index (χ2n) is 10.9. The molecule has 0 radical (unpaired) electrons. The summed E-state index contributed by atoms with van der Waals surface area (Å²) in [4.78, 5) is 19.8. The van der Waals surface area contributed by atoms with E-state index in [1.54, 1.807) is 33.6 Å². The number of rotatable bonds is 12. The minimum Gasteiger partial charge on any atom is -0.496 e. The molecule has 13 heteroatoms. The summed E-state index contributed by atoms with van der Waals surface area (Å²) in [5, 5.41) is 7.14. The van der Waals surface area contributed by atoms with Gasteiger partial charge in [0.1, 0.15) is 23.7 Å². The van der Waals surface area contributed by atoms with Gasteiger partial charge >= 0.3 is 0 Å². The maximum absolute atomic E-state index is 12.3. The molecule has 0 spiro atoms. The first kappa shape index (κ1) is 40.8. The van der Waals surface area contributed by atoms with Gasteiger partial charge in [0.25, 0.3) is 5.91 Å². The van der Waals surface area contributed by atoms with E-state index in [2.05, 4.69) is 27.2 Å². The molecule has 46 heavy (non-hydrogen) atoms. The van der Waals surface area contributed by atoms with Crippen LogP contribution in [0.4, 0.5) is 17.2 Å². The summed E-state index contributed by atoms with van der Waals surface area (Å²) in [6, 6.07) is 13.0. The van der Waals surface area contributed by atoms with E-state index in [0.717, 1.165) is 40.8 Å². The Labute approximate surface area is 280 Å². The third-order valence-electron chi connectivity index (χ3n) is 6.42. The number of aryl methyl sites for hydroxylation is 2. The van der Waals surface area contributed by atoms with Gasteiger partial charge in [-0.1, -0.05) is 51.1 Å². The van der Waals surface area contributed by atoms with Crippen molar-refractivity contribution in [2.75, 3.05) is 50.4 Å². The molecule has 0 bridgehead atoms. The van der Waals surface area contributed by atoms with Crippen LogP contribution in [0.1, 0.15) is 51.4 Å². The lowest BCUT2D eigenvalue weighted by Crippen LogP contribution is -2.31. The van der Waals surface area contributed by atoms with Crippen LogP contribution in [0.5, 0.6) is 5.75 Å². The normalized spacial score (nSPS) is 11.0. The van der Waals surface area contributed by atoms with Crippen LogP contribution in [-0.4, -0.2) is 68.4 Å². The van der Waals surface area contributed by atoms with Crippen molar-refractivity contribution in [1.29, 1.82) is 0 Å². The number of ether oxygens (including phenoxy) is 1. The summed E-state index contributed by atoms with van der Waals surface area (Å²) < 4.78 is 41.0. The van der Waals surface area contributed by atoms with E-state index >= 15 is 0 Å². The number of carbonyl (C=O) groups excluding carboxylic acids is 1. The summed E-state index contributed by atoms with van der Waals surface area (Å²) in [6.45, 7) is 18.0. The Balaban J connectivity index is 0.000000359. The second kappa shape index (κ2) is 19.4. The summed E-state index contributed by atoms with van der Waals surface area (Å²) in [7, 11) is -3.70. The number of nitrogens with one attached hydrogen (secondary N) is 2. The van der Waals surface area contributed by atoms with Gasteiger partial charge in [-0.25, -0.2) is 22.7 Å². The second-order valence-corrected chi connectivity index (χ2v) is 16.4. The van der Waals surface area contributed by atoms with E-state index < -0.39 is 17.2 Å². The van der Waals surface area contributed by atoms with Gasteiger partial charge in [-0.3, -0.25) is 4.79 Å². The quantitative estimate of drug-likeness (QED) is 0.148. The van der Waals surface area contributed by atoms with Crippen molar-refractivity contribution in [3.63, 3.8) is 0 Å².